The van der Waals surface area contributed by atoms with Crippen LogP contribution in [0.1, 0.15) is 27.2 Å². The number of anilines is 3. The number of carbonyl (C=O) groups excluding carboxylic acids is 3. The molecule has 3 amide bonds. The number of fused-ring (bicyclic) bond motifs is 2. The Morgan fingerprint density at radius 1 is 0.750 bits per heavy atom. The quantitative estimate of drug-likeness (QED) is 0.109. The topological polar surface area (TPSA) is 101 Å². The number of nitrogens with one attached hydrogen (secondary N) is 2. The molecule has 0 bridgehead atoms. The van der Waals surface area contributed by atoms with Gasteiger partial charge in [-0.1, -0.05) is 66.7 Å². The minimum Gasteiger partial charge on any atom is -0.496 e. The Kier molecular flexibility index (Phi) is 10.3. The van der Waals surface area contributed by atoms with Crippen molar-refractivity contribution >= 4 is 52.6 Å². The summed E-state index contributed by atoms with van der Waals surface area (Å²) in [5.74, 6) is 0.802. The summed E-state index contributed by atoms with van der Waals surface area (Å²) in [6.45, 7) is 0. The van der Waals surface area contributed by atoms with Gasteiger partial charge in [0.25, 0.3) is 11.8 Å². The Labute approximate surface area is 306 Å². The number of nitrogens with zero attached hydrogens (tertiary/aromatic N) is 1. The average molecular weight is 706 g/mol. The monoisotopic (exact) mass is 705 g/mol. The van der Waals surface area contributed by atoms with Gasteiger partial charge in [0.15, 0.2) is 0 Å². The molecule has 0 saturated heterocycles. The van der Waals surface area contributed by atoms with E-state index in [9.17, 15) is 14.4 Å². The number of para-hydroxylation sites is 3. The molecule has 7 rings (SSSR count). The zero-order valence-electron chi connectivity index (χ0n) is 28.4. The zero-order chi connectivity index (χ0) is 35.9. The van der Waals surface area contributed by atoms with Gasteiger partial charge < -0.3 is 19.8 Å². The van der Waals surface area contributed by atoms with Gasteiger partial charge in [-0.15, -0.1) is 11.8 Å². The molecule has 2 N–H and O–H groups in total. The van der Waals surface area contributed by atoms with E-state index in [0.29, 0.717) is 28.5 Å². The second-order valence-corrected chi connectivity index (χ2v) is 13.1. The lowest BCUT2D eigenvalue weighted by Gasteiger charge is -2.25. The number of rotatable bonds is 10. The summed E-state index contributed by atoms with van der Waals surface area (Å²) in [6, 6.07) is 43.0. The van der Waals surface area contributed by atoms with Crippen LogP contribution in [0.2, 0.25) is 0 Å². The average Bonchev–Trinajstić information content (AvgIpc) is 3.58. The van der Waals surface area contributed by atoms with Gasteiger partial charge in [-0.2, -0.15) is 0 Å². The van der Waals surface area contributed by atoms with Gasteiger partial charge in [-0.05, 0) is 96.8 Å². The summed E-state index contributed by atoms with van der Waals surface area (Å²) in [6.07, 6.45) is 3.23. The standard InChI is InChI=1S/C43H35N3O5S/c1-50-39-18-10-7-15-35(39)40-26-23-33(51-40)27-36(45-42(48)31-13-3-2-4-14-31)43(49)44-32-21-24-34(25-22-32)52-28-41(47)46-37-16-8-5-11-29(37)19-20-30-12-6-9-17-38(30)46/h2-18,21-27H,19-20,28H2,1H3,(H,44,49)(H,45,48). The normalized spacial score (nSPS) is 12.2. The molecule has 258 valence electrons. The summed E-state index contributed by atoms with van der Waals surface area (Å²) in [5.41, 5.74) is 5.81. The van der Waals surface area contributed by atoms with Crippen molar-refractivity contribution in [2.24, 2.45) is 0 Å². The SMILES string of the molecule is COc1ccccc1-c1ccc(C=C(NC(=O)c2ccccc2)C(=O)Nc2ccc(SCC(=O)N3c4ccccc4CCc4ccccc43)cc2)o1. The molecule has 0 unspecified atom stereocenters. The van der Waals surface area contributed by atoms with E-state index in [1.54, 1.807) is 55.6 Å². The number of hydrogen-bond donors (Lipinski definition) is 2. The van der Waals surface area contributed by atoms with Gasteiger partial charge in [0, 0.05) is 22.2 Å². The van der Waals surface area contributed by atoms with Crippen molar-refractivity contribution in [2.45, 2.75) is 17.7 Å². The maximum absolute atomic E-state index is 13.8. The van der Waals surface area contributed by atoms with Crippen LogP contribution in [0.4, 0.5) is 17.1 Å². The number of thioether (sulfide) groups is 1. The molecule has 2 heterocycles. The third-order valence-electron chi connectivity index (χ3n) is 8.67. The lowest BCUT2D eigenvalue weighted by molar-refractivity contribution is -0.115. The number of hydrogen-bond acceptors (Lipinski definition) is 6. The Balaban J connectivity index is 1.06. The van der Waals surface area contributed by atoms with Crippen LogP contribution in [-0.2, 0) is 22.4 Å². The highest BCUT2D eigenvalue weighted by molar-refractivity contribution is 8.00. The predicted octanol–water partition coefficient (Wildman–Crippen LogP) is 8.92. The lowest BCUT2D eigenvalue weighted by atomic mass is 10.0. The van der Waals surface area contributed by atoms with E-state index in [-0.39, 0.29) is 17.4 Å². The van der Waals surface area contributed by atoms with Crippen molar-refractivity contribution in [3.05, 3.63) is 168 Å². The third kappa shape index (κ3) is 7.70. The molecule has 52 heavy (non-hydrogen) atoms. The minimum absolute atomic E-state index is 0.00293. The second kappa shape index (κ2) is 15.7. The van der Waals surface area contributed by atoms with E-state index in [0.717, 1.165) is 45.8 Å². The molecule has 0 atom stereocenters. The third-order valence-corrected chi connectivity index (χ3v) is 9.66. The summed E-state index contributed by atoms with van der Waals surface area (Å²) in [7, 11) is 1.59. The molecule has 6 aromatic rings. The number of carbonyl (C=O) groups is 3. The highest BCUT2D eigenvalue weighted by Crippen LogP contribution is 2.37. The van der Waals surface area contributed by atoms with Crippen molar-refractivity contribution in [3.63, 3.8) is 0 Å². The van der Waals surface area contributed by atoms with Crippen LogP contribution < -0.4 is 20.3 Å². The molecule has 9 heteroatoms. The minimum atomic E-state index is -0.534. The highest BCUT2D eigenvalue weighted by atomic mass is 32.2. The molecule has 1 aliphatic heterocycles. The van der Waals surface area contributed by atoms with Crippen LogP contribution >= 0.6 is 11.8 Å². The molecule has 5 aromatic carbocycles. The van der Waals surface area contributed by atoms with Crippen LogP contribution in [0.3, 0.4) is 0 Å². The van der Waals surface area contributed by atoms with E-state index in [2.05, 4.69) is 22.8 Å². The zero-order valence-corrected chi connectivity index (χ0v) is 29.2. The summed E-state index contributed by atoms with van der Waals surface area (Å²) in [4.78, 5) is 43.3. The molecule has 0 radical (unpaired) electrons. The number of ether oxygens (including phenoxy) is 1. The number of benzene rings is 5. The maximum atomic E-state index is 13.8. The first-order valence-corrected chi connectivity index (χ1v) is 17.8. The molecule has 0 spiro atoms. The van der Waals surface area contributed by atoms with Gasteiger partial charge in [-0.25, -0.2) is 0 Å². The Bertz CT molecular complexity index is 2220. The fraction of sp³-hybridized carbons (Fsp3) is 0.0930. The van der Waals surface area contributed by atoms with Crippen LogP contribution in [0.25, 0.3) is 17.4 Å². The van der Waals surface area contributed by atoms with Gasteiger partial charge >= 0.3 is 0 Å². The van der Waals surface area contributed by atoms with Crippen molar-refractivity contribution in [1.82, 2.24) is 5.32 Å². The van der Waals surface area contributed by atoms with Crippen LogP contribution in [0.5, 0.6) is 5.75 Å². The number of furan rings is 1. The first-order valence-electron chi connectivity index (χ1n) is 16.8. The van der Waals surface area contributed by atoms with Crippen molar-refractivity contribution in [1.29, 1.82) is 0 Å². The molecular formula is C43H35N3O5S. The highest BCUT2D eigenvalue weighted by Gasteiger charge is 2.25. The molecule has 1 aliphatic rings. The van der Waals surface area contributed by atoms with Crippen molar-refractivity contribution < 1.29 is 23.5 Å². The van der Waals surface area contributed by atoms with E-state index in [1.165, 1.54) is 17.8 Å². The molecule has 8 nitrogen and oxygen atoms in total. The summed E-state index contributed by atoms with van der Waals surface area (Å²) >= 11 is 1.43. The van der Waals surface area contributed by atoms with E-state index < -0.39 is 11.8 Å². The molecule has 0 fully saturated rings. The summed E-state index contributed by atoms with van der Waals surface area (Å²) < 4.78 is 11.5. The van der Waals surface area contributed by atoms with Gasteiger partial charge in [0.2, 0.25) is 5.91 Å². The lowest BCUT2D eigenvalue weighted by Crippen LogP contribution is -2.30. The van der Waals surface area contributed by atoms with E-state index in [1.807, 2.05) is 83.8 Å². The predicted molar refractivity (Wildman–Crippen MR) is 206 cm³/mol. The van der Waals surface area contributed by atoms with Gasteiger partial charge in [-0.3, -0.25) is 19.3 Å². The smallest absolute Gasteiger partial charge is 0.272 e. The maximum Gasteiger partial charge on any atom is 0.272 e. The largest absolute Gasteiger partial charge is 0.496 e. The Hall–Kier alpha value is -6.32. The fourth-order valence-electron chi connectivity index (χ4n) is 6.10. The number of methoxy groups -OCH3 is 1. The van der Waals surface area contributed by atoms with Crippen molar-refractivity contribution in [2.75, 3.05) is 23.1 Å². The first-order chi connectivity index (χ1) is 25.5. The second-order valence-electron chi connectivity index (χ2n) is 12.0. The van der Waals surface area contributed by atoms with Gasteiger partial charge in [0.1, 0.15) is 23.0 Å². The number of aryl methyl sites for hydroxylation is 2. The van der Waals surface area contributed by atoms with E-state index >= 15 is 0 Å². The first kappa shape index (κ1) is 34.1. The Morgan fingerprint density at radius 2 is 1.38 bits per heavy atom. The fourth-order valence-corrected chi connectivity index (χ4v) is 6.85. The van der Waals surface area contributed by atoms with Crippen LogP contribution in [-0.4, -0.2) is 30.6 Å². The van der Waals surface area contributed by atoms with Crippen LogP contribution in [0, 0.1) is 0 Å². The molecule has 0 aliphatic carbocycles. The molecular weight excluding hydrogens is 671 g/mol. The molecule has 1 aromatic heterocycles. The van der Waals surface area contributed by atoms with Gasteiger partial charge in [0.05, 0.1) is 29.8 Å². The van der Waals surface area contributed by atoms with Crippen LogP contribution in [0.15, 0.2) is 155 Å². The van der Waals surface area contributed by atoms with E-state index in [4.69, 9.17) is 9.15 Å². The summed E-state index contributed by atoms with van der Waals surface area (Å²) in [5, 5.41) is 5.63. The number of amides is 3. The van der Waals surface area contributed by atoms with Crippen molar-refractivity contribution in [3.8, 4) is 17.1 Å². The Morgan fingerprint density at radius 3 is 2.08 bits per heavy atom. The molecule has 0 saturated carbocycles.